The highest BCUT2D eigenvalue weighted by atomic mass is 16.5. The van der Waals surface area contributed by atoms with Gasteiger partial charge in [-0.3, -0.25) is 0 Å². The van der Waals surface area contributed by atoms with Gasteiger partial charge in [0.05, 0.1) is 6.61 Å². The van der Waals surface area contributed by atoms with Gasteiger partial charge in [-0.15, -0.1) is 12.3 Å². The van der Waals surface area contributed by atoms with E-state index in [1.54, 1.807) is 7.11 Å². The molecule has 2 nitrogen and oxygen atoms in total. The normalized spacial score (nSPS) is 13.0. The van der Waals surface area contributed by atoms with E-state index in [4.69, 9.17) is 11.2 Å². The minimum absolute atomic E-state index is 0.452. The first-order valence-electron chi connectivity index (χ1n) is 3.85. The summed E-state index contributed by atoms with van der Waals surface area (Å²) in [5, 5.41) is 0. The minimum Gasteiger partial charge on any atom is -0.383 e. The van der Waals surface area contributed by atoms with E-state index in [-0.39, 0.29) is 0 Å². The Morgan fingerprint density at radius 3 is 2.73 bits per heavy atom. The first-order chi connectivity index (χ1) is 5.22. The number of likely N-dealkylation sites (N-methyl/N-ethyl adjacent to an activating group) is 1. The van der Waals surface area contributed by atoms with Gasteiger partial charge in [0.25, 0.3) is 0 Å². The van der Waals surface area contributed by atoms with Crippen molar-refractivity contribution in [2.75, 3.05) is 27.3 Å². The van der Waals surface area contributed by atoms with E-state index in [0.717, 1.165) is 19.6 Å². The molecule has 0 rings (SSSR count). The Morgan fingerprint density at radius 2 is 2.27 bits per heavy atom. The van der Waals surface area contributed by atoms with Crippen molar-refractivity contribution in [3.8, 4) is 12.3 Å². The summed E-state index contributed by atoms with van der Waals surface area (Å²) in [5.41, 5.74) is 0. The summed E-state index contributed by atoms with van der Waals surface area (Å²) in [4.78, 5) is 2.20. The molecule has 0 bridgehead atoms. The average Bonchev–Trinajstić information content (AvgIpc) is 2.00. The van der Waals surface area contributed by atoms with Crippen molar-refractivity contribution < 1.29 is 4.74 Å². The molecule has 0 saturated carbocycles. The molecule has 1 atom stereocenters. The molecule has 0 heterocycles. The third-order valence-electron chi connectivity index (χ3n) is 1.77. The third kappa shape index (κ3) is 4.83. The lowest BCUT2D eigenvalue weighted by atomic mass is 10.3. The standard InChI is InChI=1S/C9H17NO/c1-5-6-7-10(3)9(2)8-11-4/h1,9H,6-8H2,2-4H3. The quantitative estimate of drug-likeness (QED) is 0.549. The van der Waals surface area contributed by atoms with E-state index in [9.17, 15) is 0 Å². The molecule has 11 heavy (non-hydrogen) atoms. The zero-order valence-corrected chi connectivity index (χ0v) is 7.63. The molecule has 0 aliphatic carbocycles. The van der Waals surface area contributed by atoms with Crippen LogP contribution >= 0.6 is 0 Å². The van der Waals surface area contributed by atoms with Crippen molar-refractivity contribution in [1.82, 2.24) is 4.90 Å². The van der Waals surface area contributed by atoms with Crippen LogP contribution in [-0.2, 0) is 4.74 Å². The molecule has 0 saturated heterocycles. The van der Waals surface area contributed by atoms with Gasteiger partial charge >= 0.3 is 0 Å². The maximum Gasteiger partial charge on any atom is 0.0615 e. The molecule has 0 aromatic carbocycles. The molecule has 0 aliphatic rings. The van der Waals surface area contributed by atoms with Gasteiger partial charge in [-0.2, -0.15) is 0 Å². The summed E-state index contributed by atoms with van der Waals surface area (Å²) in [6.45, 7) is 3.84. The van der Waals surface area contributed by atoms with Crippen molar-refractivity contribution in [2.45, 2.75) is 19.4 Å². The predicted molar refractivity (Wildman–Crippen MR) is 47.4 cm³/mol. The zero-order valence-electron chi connectivity index (χ0n) is 7.63. The summed E-state index contributed by atoms with van der Waals surface area (Å²) in [6, 6.07) is 0.452. The van der Waals surface area contributed by atoms with Crippen LogP contribution in [0.25, 0.3) is 0 Å². The predicted octanol–water partition coefficient (Wildman–Crippen LogP) is 0.976. The molecule has 0 aliphatic heterocycles. The highest BCUT2D eigenvalue weighted by Gasteiger charge is 2.06. The molecule has 2 heteroatoms. The topological polar surface area (TPSA) is 12.5 Å². The van der Waals surface area contributed by atoms with Crippen LogP contribution in [-0.4, -0.2) is 38.3 Å². The molecule has 0 aromatic rings. The zero-order chi connectivity index (χ0) is 8.69. The molecule has 0 spiro atoms. The fraction of sp³-hybridized carbons (Fsp3) is 0.778. The van der Waals surface area contributed by atoms with Gasteiger partial charge in [-0.05, 0) is 14.0 Å². The van der Waals surface area contributed by atoms with E-state index in [1.807, 2.05) is 0 Å². The number of ether oxygens (including phenoxy) is 1. The van der Waals surface area contributed by atoms with Gasteiger partial charge in [0.1, 0.15) is 0 Å². The number of methoxy groups -OCH3 is 1. The van der Waals surface area contributed by atoms with Crippen LogP contribution in [0.4, 0.5) is 0 Å². The van der Waals surface area contributed by atoms with Crippen LogP contribution in [0.3, 0.4) is 0 Å². The molecular weight excluding hydrogens is 138 g/mol. The number of terminal acetylenes is 1. The summed E-state index contributed by atoms with van der Waals surface area (Å²) in [6.07, 6.45) is 5.95. The molecule has 0 fully saturated rings. The Labute approximate surface area is 69.5 Å². The maximum absolute atomic E-state index is 5.14. The number of hydrogen-bond donors (Lipinski definition) is 0. The first kappa shape index (κ1) is 10.5. The fourth-order valence-corrected chi connectivity index (χ4v) is 0.830. The lowest BCUT2D eigenvalue weighted by Crippen LogP contribution is -2.33. The maximum atomic E-state index is 5.14. The van der Waals surface area contributed by atoms with Crippen molar-refractivity contribution in [3.63, 3.8) is 0 Å². The molecule has 1 unspecified atom stereocenters. The van der Waals surface area contributed by atoms with Crippen LogP contribution in [0.2, 0.25) is 0 Å². The van der Waals surface area contributed by atoms with E-state index >= 15 is 0 Å². The third-order valence-corrected chi connectivity index (χ3v) is 1.77. The Kier molecular flexibility index (Phi) is 5.91. The summed E-state index contributed by atoms with van der Waals surface area (Å²) in [7, 11) is 3.77. The molecule has 64 valence electrons. The van der Waals surface area contributed by atoms with Crippen molar-refractivity contribution in [1.29, 1.82) is 0 Å². The first-order valence-corrected chi connectivity index (χ1v) is 3.85. The lowest BCUT2D eigenvalue weighted by Gasteiger charge is -2.22. The number of hydrogen-bond acceptors (Lipinski definition) is 2. The molecule has 0 amide bonds. The molecular formula is C9H17NO. The summed E-state index contributed by atoms with van der Waals surface area (Å²) >= 11 is 0. The van der Waals surface area contributed by atoms with Gasteiger partial charge in [-0.1, -0.05) is 0 Å². The monoisotopic (exact) mass is 155 g/mol. The highest BCUT2D eigenvalue weighted by Crippen LogP contribution is 1.96. The van der Waals surface area contributed by atoms with Crippen LogP contribution in [0.5, 0.6) is 0 Å². The van der Waals surface area contributed by atoms with Gasteiger partial charge < -0.3 is 9.64 Å². The largest absolute Gasteiger partial charge is 0.383 e. The van der Waals surface area contributed by atoms with E-state index < -0.39 is 0 Å². The Balaban J connectivity index is 3.47. The summed E-state index contributed by atoms with van der Waals surface area (Å²) in [5.74, 6) is 2.61. The van der Waals surface area contributed by atoms with Crippen LogP contribution in [0.1, 0.15) is 13.3 Å². The smallest absolute Gasteiger partial charge is 0.0615 e. The Bertz CT molecular complexity index is 128. The second-order valence-corrected chi connectivity index (χ2v) is 2.74. The van der Waals surface area contributed by atoms with Gasteiger partial charge in [-0.25, -0.2) is 0 Å². The lowest BCUT2D eigenvalue weighted by molar-refractivity contribution is 0.117. The van der Waals surface area contributed by atoms with E-state index in [0.29, 0.717) is 6.04 Å². The second-order valence-electron chi connectivity index (χ2n) is 2.74. The fourth-order valence-electron chi connectivity index (χ4n) is 0.830. The van der Waals surface area contributed by atoms with Gasteiger partial charge in [0.15, 0.2) is 0 Å². The SMILES string of the molecule is C#CCCN(C)C(C)COC. The van der Waals surface area contributed by atoms with Gasteiger partial charge in [0, 0.05) is 26.1 Å². The minimum atomic E-state index is 0.452. The van der Waals surface area contributed by atoms with E-state index in [1.165, 1.54) is 0 Å². The van der Waals surface area contributed by atoms with Crippen LogP contribution in [0.15, 0.2) is 0 Å². The summed E-state index contributed by atoms with van der Waals surface area (Å²) < 4.78 is 5.01. The average molecular weight is 155 g/mol. The molecule has 0 aromatic heterocycles. The van der Waals surface area contributed by atoms with E-state index in [2.05, 4.69) is 24.8 Å². The molecule has 0 N–H and O–H groups in total. The molecule has 0 radical (unpaired) electrons. The highest BCUT2D eigenvalue weighted by molar-refractivity contribution is 4.84. The van der Waals surface area contributed by atoms with Crippen molar-refractivity contribution in [2.24, 2.45) is 0 Å². The number of rotatable bonds is 5. The number of nitrogens with zero attached hydrogens (tertiary/aromatic N) is 1. The van der Waals surface area contributed by atoms with Crippen molar-refractivity contribution >= 4 is 0 Å². The Hall–Kier alpha value is -0.520. The second kappa shape index (κ2) is 6.21. The van der Waals surface area contributed by atoms with Crippen LogP contribution in [0, 0.1) is 12.3 Å². The van der Waals surface area contributed by atoms with Crippen molar-refractivity contribution in [3.05, 3.63) is 0 Å². The Morgan fingerprint density at radius 1 is 1.64 bits per heavy atom. The van der Waals surface area contributed by atoms with Gasteiger partial charge in [0.2, 0.25) is 0 Å². The van der Waals surface area contributed by atoms with Crippen LogP contribution < -0.4 is 0 Å².